The lowest BCUT2D eigenvalue weighted by Crippen LogP contribution is -2.29. The molecule has 8 heteroatoms. The molecule has 154 valence electrons. The average molecular weight is 415 g/mol. The zero-order valence-corrected chi connectivity index (χ0v) is 17.7. The van der Waals surface area contributed by atoms with Crippen LogP contribution in [0.2, 0.25) is 0 Å². The first kappa shape index (κ1) is 21.0. The van der Waals surface area contributed by atoms with Crippen LogP contribution in [0.1, 0.15) is 36.9 Å². The number of thioether (sulfide) groups is 1. The van der Waals surface area contributed by atoms with E-state index in [1.807, 2.05) is 47.9 Å². The summed E-state index contributed by atoms with van der Waals surface area (Å²) >= 11 is 1.37. The maximum Gasteiger partial charge on any atom is 0.230 e. The van der Waals surface area contributed by atoms with Crippen molar-refractivity contribution in [3.63, 3.8) is 0 Å². The van der Waals surface area contributed by atoms with E-state index >= 15 is 0 Å². The third-order valence-electron chi connectivity index (χ3n) is 4.17. The normalized spacial score (nSPS) is 11.0. The van der Waals surface area contributed by atoms with E-state index in [-0.39, 0.29) is 17.6 Å². The van der Waals surface area contributed by atoms with E-state index in [0.29, 0.717) is 24.9 Å². The second-order valence-electron chi connectivity index (χ2n) is 6.96. The topological polar surface area (TPSA) is 82.2 Å². The van der Waals surface area contributed by atoms with E-state index in [1.165, 1.54) is 11.8 Å². The number of rotatable bonds is 10. The Morgan fingerprint density at radius 1 is 1.28 bits per heavy atom. The van der Waals surface area contributed by atoms with Crippen molar-refractivity contribution in [2.24, 2.45) is 0 Å². The van der Waals surface area contributed by atoms with Crippen LogP contribution in [0.5, 0.6) is 5.75 Å². The SMILES string of the molecule is Cc1cccc(OCCNC(=O)CSc2nnc(C(C)C)n2Cc2ccco2)c1. The molecule has 29 heavy (non-hydrogen) atoms. The van der Waals surface area contributed by atoms with Gasteiger partial charge in [0.05, 0.1) is 25.1 Å². The number of nitrogens with one attached hydrogen (secondary N) is 1. The Morgan fingerprint density at radius 2 is 2.14 bits per heavy atom. The zero-order valence-electron chi connectivity index (χ0n) is 16.9. The monoisotopic (exact) mass is 414 g/mol. The molecule has 1 amide bonds. The fourth-order valence-corrected chi connectivity index (χ4v) is 3.56. The van der Waals surface area contributed by atoms with Crippen molar-refractivity contribution in [1.29, 1.82) is 0 Å². The number of ether oxygens (including phenoxy) is 1. The van der Waals surface area contributed by atoms with Gasteiger partial charge in [-0.3, -0.25) is 9.36 Å². The minimum absolute atomic E-state index is 0.0681. The Labute approximate surface area is 174 Å². The van der Waals surface area contributed by atoms with Gasteiger partial charge in [-0.1, -0.05) is 37.7 Å². The largest absolute Gasteiger partial charge is 0.492 e. The highest BCUT2D eigenvalue weighted by atomic mass is 32.2. The highest BCUT2D eigenvalue weighted by Crippen LogP contribution is 2.22. The van der Waals surface area contributed by atoms with Crippen molar-refractivity contribution >= 4 is 17.7 Å². The Hall–Kier alpha value is -2.74. The van der Waals surface area contributed by atoms with E-state index < -0.39 is 0 Å². The molecule has 2 heterocycles. The fourth-order valence-electron chi connectivity index (χ4n) is 2.79. The smallest absolute Gasteiger partial charge is 0.230 e. The molecule has 0 saturated carbocycles. The molecule has 0 aliphatic heterocycles. The molecule has 0 aliphatic rings. The summed E-state index contributed by atoms with van der Waals surface area (Å²) in [6.07, 6.45) is 1.65. The quantitative estimate of drug-likeness (QED) is 0.403. The predicted octanol–water partition coefficient (Wildman–Crippen LogP) is 3.64. The van der Waals surface area contributed by atoms with Crippen LogP contribution in [-0.4, -0.2) is 39.6 Å². The highest BCUT2D eigenvalue weighted by Gasteiger charge is 2.17. The third kappa shape index (κ3) is 6.12. The van der Waals surface area contributed by atoms with Gasteiger partial charge in [0.25, 0.3) is 0 Å². The molecule has 2 aromatic heterocycles. The third-order valence-corrected chi connectivity index (χ3v) is 5.14. The summed E-state index contributed by atoms with van der Waals surface area (Å²) in [6.45, 7) is 7.56. The number of hydrogen-bond acceptors (Lipinski definition) is 6. The van der Waals surface area contributed by atoms with Crippen LogP contribution in [0.15, 0.2) is 52.2 Å². The van der Waals surface area contributed by atoms with Crippen LogP contribution in [-0.2, 0) is 11.3 Å². The second kappa shape index (κ2) is 10.2. The molecule has 0 aliphatic carbocycles. The van der Waals surface area contributed by atoms with Crippen molar-refractivity contribution in [3.8, 4) is 5.75 Å². The highest BCUT2D eigenvalue weighted by molar-refractivity contribution is 7.99. The standard InChI is InChI=1S/C21H26N4O3S/c1-15(2)20-23-24-21(25(20)13-18-8-5-10-27-18)29-14-19(26)22-9-11-28-17-7-4-6-16(3)12-17/h4-8,10,12,15H,9,11,13-14H2,1-3H3,(H,22,26). The van der Waals surface area contributed by atoms with E-state index in [4.69, 9.17) is 9.15 Å². The number of carbonyl (C=O) groups excluding carboxylic acids is 1. The number of amides is 1. The summed E-state index contributed by atoms with van der Waals surface area (Å²) < 4.78 is 13.1. The number of furan rings is 1. The van der Waals surface area contributed by atoms with E-state index in [1.54, 1.807) is 6.26 Å². The molecule has 0 atom stereocenters. The summed E-state index contributed by atoms with van der Waals surface area (Å²) in [4.78, 5) is 12.2. The number of aryl methyl sites for hydroxylation is 1. The van der Waals surface area contributed by atoms with E-state index in [2.05, 4.69) is 29.4 Å². The van der Waals surface area contributed by atoms with E-state index in [9.17, 15) is 4.79 Å². The molecule has 0 unspecified atom stereocenters. The molecule has 3 rings (SSSR count). The molecule has 0 bridgehead atoms. The molecular formula is C21H26N4O3S. The molecule has 0 spiro atoms. The first-order valence-electron chi connectivity index (χ1n) is 9.57. The maximum atomic E-state index is 12.2. The lowest BCUT2D eigenvalue weighted by Gasteiger charge is -2.11. The summed E-state index contributed by atoms with van der Waals surface area (Å²) in [5, 5.41) is 12.1. The molecule has 0 fully saturated rings. The average Bonchev–Trinajstić information content (AvgIpc) is 3.34. The Balaban J connectivity index is 1.48. The fraction of sp³-hybridized carbons (Fsp3) is 0.381. The van der Waals surface area contributed by atoms with Gasteiger partial charge in [-0.15, -0.1) is 10.2 Å². The van der Waals surface area contributed by atoms with Gasteiger partial charge in [-0.25, -0.2) is 0 Å². The van der Waals surface area contributed by atoms with Crippen LogP contribution in [0.25, 0.3) is 0 Å². The van der Waals surface area contributed by atoms with Crippen molar-refractivity contribution in [2.75, 3.05) is 18.9 Å². The van der Waals surface area contributed by atoms with Gasteiger partial charge in [-0.2, -0.15) is 0 Å². The summed E-state index contributed by atoms with van der Waals surface area (Å²) in [6, 6.07) is 11.6. The van der Waals surface area contributed by atoms with Crippen molar-refractivity contribution in [3.05, 3.63) is 59.8 Å². The van der Waals surface area contributed by atoms with Gasteiger partial charge in [0.2, 0.25) is 5.91 Å². The van der Waals surface area contributed by atoms with Crippen LogP contribution in [0.3, 0.4) is 0 Å². The van der Waals surface area contributed by atoms with Gasteiger partial charge in [0.15, 0.2) is 5.16 Å². The number of hydrogen-bond donors (Lipinski definition) is 1. The minimum Gasteiger partial charge on any atom is -0.492 e. The van der Waals surface area contributed by atoms with Gasteiger partial charge >= 0.3 is 0 Å². The molecule has 1 aromatic carbocycles. The predicted molar refractivity (Wildman–Crippen MR) is 112 cm³/mol. The number of nitrogens with zero attached hydrogens (tertiary/aromatic N) is 3. The molecule has 1 N–H and O–H groups in total. The van der Waals surface area contributed by atoms with Gasteiger partial charge in [0, 0.05) is 5.92 Å². The van der Waals surface area contributed by atoms with Gasteiger partial charge in [-0.05, 0) is 36.8 Å². The molecule has 0 radical (unpaired) electrons. The molecule has 0 saturated heterocycles. The number of aromatic nitrogens is 3. The second-order valence-corrected chi connectivity index (χ2v) is 7.91. The van der Waals surface area contributed by atoms with Crippen molar-refractivity contribution in [1.82, 2.24) is 20.1 Å². The summed E-state index contributed by atoms with van der Waals surface area (Å²) in [7, 11) is 0. The minimum atomic E-state index is -0.0681. The zero-order chi connectivity index (χ0) is 20.6. The lowest BCUT2D eigenvalue weighted by atomic mass is 10.2. The van der Waals surface area contributed by atoms with E-state index in [0.717, 1.165) is 22.9 Å². The Bertz CT molecular complexity index is 922. The lowest BCUT2D eigenvalue weighted by molar-refractivity contribution is -0.118. The summed E-state index contributed by atoms with van der Waals surface area (Å²) in [5.74, 6) is 2.92. The van der Waals surface area contributed by atoms with Crippen molar-refractivity contribution in [2.45, 2.75) is 38.4 Å². The van der Waals surface area contributed by atoms with Crippen LogP contribution >= 0.6 is 11.8 Å². The first-order valence-corrected chi connectivity index (χ1v) is 10.6. The van der Waals surface area contributed by atoms with Crippen LogP contribution < -0.4 is 10.1 Å². The van der Waals surface area contributed by atoms with Crippen LogP contribution in [0.4, 0.5) is 0 Å². The van der Waals surface area contributed by atoms with Crippen molar-refractivity contribution < 1.29 is 13.9 Å². The summed E-state index contributed by atoms with van der Waals surface area (Å²) in [5.41, 5.74) is 1.14. The Kier molecular flexibility index (Phi) is 7.35. The molecule has 7 nitrogen and oxygen atoms in total. The Morgan fingerprint density at radius 3 is 2.86 bits per heavy atom. The number of carbonyl (C=O) groups is 1. The molecular weight excluding hydrogens is 388 g/mol. The van der Waals surface area contributed by atoms with Crippen LogP contribution in [0, 0.1) is 6.92 Å². The maximum absolute atomic E-state index is 12.2. The van der Waals surface area contributed by atoms with Gasteiger partial charge in [0.1, 0.15) is 23.9 Å². The first-order chi connectivity index (χ1) is 14.0. The molecule has 3 aromatic rings. The number of benzene rings is 1. The van der Waals surface area contributed by atoms with Gasteiger partial charge < -0.3 is 14.5 Å².